The Bertz CT molecular complexity index is 996. The molecule has 3 unspecified atom stereocenters. The smallest absolute Gasteiger partial charge is 0.302 e. The maximum Gasteiger partial charge on any atom is 0.302 e. The standard InChI is InChI=1S/C34H54O5S/c1-8-15-34(37,16-9-2)18-19-40-22(3)28-12-13-29-27-11-10-25-20-26(38-23(4)35)21-31(39-24(5)36)33(25,7)30(27)14-17-32(28,29)6/h10-11,22,26,28-31,37H,8-9,12-21H2,1-7H3/t22?,26?,28-,29+,30+,31?,32-,33+/m1/s1. The normalized spacial score (nSPS) is 36.0. The Balaban J connectivity index is 1.51. The van der Waals surface area contributed by atoms with E-state index in [1.54, 1.807) is 5.57 Å². The fourth-order valence-corrected chi connectivity index (χ4v) is 10.9. The van der Waals surface area contributed by atoms with Crippen LogP contribution in [0.4, 0.5) is 0 Å². The average Bonchev–Trinajstić information content (AvgIpc) is 3.21. The zero-order valence-corrected chi connectivity index (χ0v) is 26.9. The first-order valence-electron chi connectivity index (χ1n) is 16.0. The van der Waals surface area contributed by atoms with Crippen LogP contribution in [0.3, 0.4) is 0 Å². The van der Waals surface area contributed by atoms with Crippen LogP contribution in [0.5, 0.6) is 0 Å². The molecule has 0 heterocycles. The summed E-state index contributed by atoms with van der Waals surface area (Å²) < 4.78 is 11.6. The van der Waals surface area contributed by atoms with Crippen LogP contribution in [0.15, 0.2) is 23.3 Å². The average molecular weight is 575 g/mol. The number of hydrogen-bond acceptors (Lipinski definition) is 6. The van der Waals surface area contributed by atoms with Crippen LogP contribution in [0.2, 0.25) is 0 Å². The van der Waals surface area contributed by atoms with E-state index in [4.69, 9.17) is 9.47 Å². The predicted octanol–water partition coefficient (Wildman–Crippen LogP) is 7.80. The zero-order chi connectivity index (χ0) is 29.3. The molecule has 226 valence electrons. The van der Waals surface area contributed by atoms with Crippen molar-refractivity contribution in [2.75, 3.05) is 5.75 Å². The highest BCUT2D eigenvalue weighted by molar-refractivity contribution is 7.99. The number of esters is 2. The van der Waals surface area contributed by atoms with Gasteiger partial charge in [0.1, 0.15) is 12.2 Å². The lowest BCUT2D eigenvalue weighted by Crippen LogP contribution is -2.54. The Kier molecular flexibility index (Phi) is 9.92. The molecule has 6 heteroatoms. The molecule has 3 fully saturated rings. The van der Waals surface area contributed by atoms with Crippen LogP contribution in [0.25, 0.3) is 0 Å². The fraction of sp³-hybridized carbons (Fsp3) is 0.824. The fourth-order valence-electron chi connectivity index (χ4n) is 9.37. The van der Waals surface area contributed by atoms with Gasteiger partial charge in [0.2, 0.25) is 0 Å². The van der Waals surface area contributed by atoms with Crippen molar-refractivity contribution in [3.05, 3.63) is 23.3 Å². The van der Waals surface area contributed by atoms with E-state index in [0.29, 0.717) is 29.4 Å². The summed E-state index contributed by atoms with van der Waals surface area (Å²) in [4.78, 5) is 24.0. The second-order valence-corrected chi connectivity index (χ2v) is 15.3. The zero-order valence-electron chi connectivity index (χ0n) is 26.1. The summed E-state index contributed by atoms with van der Waals surface area (Å²) in [7, 11) is 0. The minimum atomic E-state index is -0.504. The lowest BCUT2D eigenvalue weighted by Gasteiger charge is -2.57. The van der Waals surface area contributed by atoms with Crippen molar-refractivity contribution in [1.82, 2.24) is 0 Å². The maximum atomic E-state index is 12.2. The first kappa shape index (κ1) is 31.7. The Morgan fingerprint density at radius 3 is 2.33 bits per heavy atom. The third-order valence-corrected chi connectivity index (χ3v) is 12.6. The SMILES string of the molecule is CCCC(O)(CCC)CCSC(C)[C@H]1CC[C@H]2C3=CC=C4CC(OC(C)=O)CC(OC(C)=O)[C@]4(C)[C@H]3CC[C@]12C. The number of allylic oxidation sites excluding steroid dienone is 3. The summed E-state index contributed by atoms with van der Waals surface area (Å²) in [6, 6.07) is 0. The molecule has 0 spiro atoms. The van der Waals surface area contributed by atoms with Gasteiger partial charge in [0.15, 0.2) is 0 Å². The summed E-state index contributed by atoms with van der Waals surface area (Å²) in [6.45, 7) is 14.6. The van der Waals surface area contributed by atoms with Crippen LogP contribution < -0.4 is 0 Å². The Hall–Kier alpha value is -1.27. The monoisotopic (exact) mass is 574 g/mol. The van der Waals surface area contributed by atoms with Crippen LogP contribution >= 0.6 is 11.8 Å². The van der Waals surface area contributed by atoms with Crippen LogP contribution in [0.1, 0.15) is 119 Å². The van der Waals surface area contributed by atoms with Gasteiger partial charge in [-0.15, -0.1) is 0 Å². The molecule has 0 amide bonds. The minimum Gasteiger partial charge on any atom is -0.462 e. The molecular formula is C34H54O5S. The van der Waals surface area contributed by atoms with Crippen LogP contribution in [0, 0.1) is 28.6 Å². The summed E-state index contributed by atoms with van der Waals surface area (Å²) in [6.07, 6.45) is 14.9. The minimum absolute atomic E-state index is 0.244. The number of hydrogen-bond donors (Lipinski definition) is 1. The second kappa shape index (κ2) is 12.5. The van der Waals surface area contributed by atoms with Gasteiger partial charge in [-0.25, -0.2) is 0 Å². The van der Waals surface area contributed by atoms with E-state index in [1.165, 1.54) is 38.7 Å². The quantitative estimate of drug-likeness (QED) is 0.254. The van der Waals surface area contributed by atoms with Crippen molar-refractivity contribution in [2.45, 2.75) is 142 Å². The highest BCUT2D eigenvalue weighted by Gasteiger charge is 2.60. The molecule has 0 radical (unpaired) electrons. The molecule has 4 rings (SSSR count). The molecule has 0 aromatic heterocycles. The number of ether oxygens (including phenoxy) is 2. The van der Waals surface area contributed by atoms with E-state index in [0.717, 1.165) is 50.7 Å². The van der Waals surface area contributed by atoms with Crippen molar-refractivity contribution >= 4 is 23.7 Å². The first-order chi connectivity index (χ1) is 18.9. The van der Waals surface area contributed by atoms with E-state index in [2.05, 4.69) is 58.5 Å². The van der Waals surface area contributed by atoms with Gasteiger partial charge in [0.05, 0.1) is 5.60 Å². The molecule has 3 saturated carbocycles. The molecule has 0 aliphatic heterocycles. The van der Waals surface area contributed by atoms with Gasteiger partial charge < -0.3 is 14.6 Å². The van der Waals surface area contributed by atoms with Gasteiger partial charge in [-0.2, -0.15) is 11.8 Å². The number of aliphatic hydroxyl groups is 1. The summed E-state index contributed by atoms with van der Waals surface area (Å²) in [5.74, 6) is 2.06. The molecular weight excluding hydrogens is 520 g/mol. The first-order valence-corrected chi connectivity index (χ1v) is 17.0. The van der Waals surface area contributed by atoms with Gasteiger partial charge in [0.25, 0.3) is 0 Å². The van der Waals surface area contributed by atoms with Gasteiger partial charge in [-0.05, 0) is 73.9 Å². The van der Waals surface area contributed by atoms with Crippen LogP contribution in [-0.2, 0) is 19.1 Å². The molecule has 40 heavy (non-hydrogen) atoms. The molecule has 4 aliphatic rings. The number of carbonyl (C=O) groups excluding carboxylic acids is 2. The van der Waals surface area contributed by atoms with Gasteiger partial charge >= 0.3 is 11.9 Å². The van der Waals surface area contributed by atoms with Crippen LogP contribution in [-0.4, -0.2) is 45.9 Å². The van der Waals surface area contributed by atoms with Crippen molar-refractivity contribution in [2.24, 2.45) is 28.6 Å². The Labute approximate surface area is 247 Å². The van der Waals surface area contributed by atoms with Crippen molar-refractivity contribution in [3.8, 4) is 0 Å². The van der Waals surface area contributed by atoms with Gasteiger partial charge in [0, 0.05) is 37.4 Å². The Morgan fingerprint density at radius 1 is 1.02 bits per heavy atom. The highest BCUT2D eigenvalue weighted by Crippen LogP contribution is 2.66. The summed E-state index contributed by atoms with van der Waals surface area (Å²) in [5.41, 5.74) is 2.33. The number of carbonyl (C=O) groups is 2. The number of thioether (sulfide) groups is 1. The number of rotatable bonds is 11. The third-order valence-electron chi connectivity index (χ3n) is 11.3. The molecule has 0 bridgehead atoms. The summed E-state index contributed by atoms with van der Waals surface area (Å²) in [5, 5.41) is 11.7. The maximum absolute atomic E-state index is 12.2. The third kappa shape index (κ3) is 6.09. The van der Waals surface area contributed by atoms with Crippen molar-refractivity contribution in [1.29, 1.82) is 0 Å². The Morgan fingerprint density at radius 2 is 1.70 bits per heavy atom. The number of fused-ring (bicyclic) bond motifs is 5. The van der Waals surface area contributed by atoms with Gasteiger partial charge in [-0.1, -0.05) is 70.8 Å². The van der Waals surface area contributed by atoms with E-state index in [9.17, 15) is 14.7 Å². The van der Waals surface area contributed by atoms with Crippen molar-refractivity contribution in [3.63, 3.8) is 0 Å². The van der Waals surface area contributed by atoms with E-state index >= 15 is 0 Å². The topological polar surface area (TPSA) is 72.8 Å². The molecule has 0 aromatic carbocycles. The second-order valence-electron chi connectivity index (χ2n) is 13.8. The molecule has 5 nitrogen and oxygen atoms in total. The van der Waals surface area contributed by atoms with Gasteiger partial charge in [-0.3, -0.25) is 9.59 Å². The molecule has 0 aromatic rings. The lowest BCUT2D eigenvalue weighted by molar-refractivity contribution is -0.165. The van der Waals surface area contributed by atoms with E-state index in [-0.39, 0.29) is 35.0 Å². The van der Waals surface area contributed by atoms with E-state index < -0.39 is 5.60 Å². The molecule has 4 aliphatic carbocycles. The van der Waals surface area contributed by atoms with E-state index in [1.807, 2.05) is 0 Å². The molecule has 1 N–H and O–H groups in total. The highest BCUT2D eigenvalue weighted by atomic mass is 32.2. The summed E-state index contributed by atoms with van der Waals surface area (Å²) >= 11 is 2.08. The van der Waals surface area contributed by atoms with Crippen molar-refractivity contribution < 1.29 is 24.2 Å². The largest absolute Gasteiger partial charge is 0.462 e. The molecule has 0 saturated heterocycles. The lowest BCUT2D eigenvalue weighted by atomic mass is 9.49. The predicted molar refractivity (Wildman–Crippen MR) is 163 cm³/mol. The molecule has 8 atom stereocenters.